The summed E-state index contributed by atoms with van der Waals surface area (Å²) in [5.41, 5.74) is 3.56. The normalized spacial score (nSPS) is 13.9. The first-order chi connectivity index (χ1) is 10.4. The van der Waals surface area contributed by atoms with Gasteiger partial charge in [0.25, 0.3) is 5.91 Å². The lowest BCUT2D eigenvalue weighted by atomic mass is 10.1. The van der Waals surface area contributed by atoms with Crippen molar-refractivity contribution in [1.82, 2.24) is 4.98 Å². The quantitative estimate of drug-likeness (QED) is 0.922. The van der Waals surface area contributed by atoms with Gasteiger partial charge in [0.15, 0.2) is 0 Å². The summed E-state index contributed by atoms with van der Waals surface area (Å²) >= 11 is 0. The SMILES string of the molecule is CC(C)(C)Nc1ccnc(C(=O)N2CCc3ccccc32)c1. The van der Waals surface area contributed by atoms with E-state index >= 15 is 0 Å². The molecule has 1 aliphatic rings. The minimum atomic E-state index is -0.0537. The molecule has 0 unspecified atom stereocenters. The summed E-state index contributed by atoms with van der Waals surface area (Å²) in [4.78, 5) is 18.8. The number of fused-ring (bicyclic) bond motifs is 1. The van der Waals surface area contributed by atoms with E-state index in [0.29, 0.717) is 5.69 Å². The number of carbonyl (C=O) groups excluding carboxylic acids is 1. The number of nitrogens with one attached hydrogen (secondary N) is 1. The highest BCUT2D eigenvalue weighted by molar-refractivity contribution is 6.06. The van der Waals surface area contributed by atoms with Crippen LogP contribution in [0.2, 0.25) is 0 Å². The fourth-order valence-corrected chi connectivity index (χ4v) is 2.75. The lowest BCUT2D eigenvalue weighted by Gasteiger charge is -2.23. The zero-order valence-electron chi connectivity index (χ0n) is 13.3. The molecule has 1 amide bonds. The number of amides is 1. The van der Waals surface area contributed by atoms with E-state index in [0.717, 1.165) is 24.3 Å². The van der Waals surface area contributed by atoms with Gasteiger partial charge in [0.05, 0.1) is 0 Å². The largest absolute Gasteiger partial charge is 0.380 e. The second-order valence-electron chi connectivity index (χ2n) is 6.64. The Morgan fingerprint density at radius 1 is 1.23 bits per heavy atom. The molecule has 114 valence electrons. The fraction of sp³-hybridized carbons (Fsp3) is 0.333. The van der Waals surface area contributed by atoms with Gasteiger partial charge in [0.2, 0.25) is 0 Å². The highest BCUT2D eigenvalue weighted by Crippen LogP contribution is 2.29. The van der Waals surface area contributed by atoms with Crippen LogP contribution in [0.1, 0.15) is 36.8 Å². The molecule has 4 heteroatoms. The zero-order valence-corrected chi connectivity index (χ0v) is 13.3. The van der Waals surface area contributed by atoms with Crippen LogP contribution >= 0.6 is 0 Å². The second-order valence-corrected chi connectivity index (χ2v) is 6.64. The van der Waals surface area contributed by atoms with Gasteiger partial charge in [-0.05, 0) is 51.0 Å². The minimum Gasteiger partial charge on any atom is -0.380 e. The minimum absolute atomic E-state index is 0.0393. The maximum Gasteiger partial charge on any atom is 0.276 e. The molecule has 22 heavy (non-hydrogen) atoms. The molecule has 0 fully saturated rings. The molecule has 0 spiro atoms. The number of anilines is 2. The molecule has 0 atom stereocenters. The second kappa shape index (κ2) is 5.44. The molecular formula is C18H21N3O. The number of para-hydroxylation sites is 1. The van der Waals surface area contributed by atoms with Crippen molar-refractivity contribution < 1.29 is 4.79 Å². The molecule has 0 saturated heterocycles. The number of carbonyl (C=O) groups is 1. The monoisotopic (exact) mass is 295 g/mol. The van der Waals surface area contributed by atoms with Gasteiger partial charge < -0.3 is 10.2 Å². The van der Waals surface area contributed by atoms with Gasteiger partial charge in [-0.3, -0.25) is 9.78 Å². The van der Waals surface area contributed by atoms with Gasteiger partial charge in [-0.2, -0.15) is 0 Å². The Hall–Kier alpha value is -2.36. The summed E-state index contributed by atoms with van der Waals surface area (Å²) in [7, 11) is 0. The number of hydrogen-bond donors (Lipinski definition) is 1. The molecule has 1 N–H and O–H groups in total. The molecule has 0 saturated carbocycles. The Kier molecular flexibility index (Phi) is 3.61. The fourth-order valence-electron chi connectivity index (χ4n) is 2.75. The Labute approximate surface area is 131 Å². The highest BCUT2D eigenvalue weighted by Gasteiger charge is 2.26. The number of rotatable bonds is 2. The van der Waals surface area contributed by atoms with Crippen LogP contribution in [0.5, 0.6) is 0 Å². The smallest absolute Gasteiger partial charge is 0.276 e. The van der Waals surface area contributed by atoms with Crippen LogP contribution in [0.15, 0.2) is 42.6 Å². The van der Waals surface area contributed by atoms with Crippen molar-refractivity contribution in [2.24, 2.45) is 0 Å². The van der Waals surface area contributed by atoms with Gasteiger partial charge >= 0.3 is 0 Å². The van der Waals surface area contributed by atoms with Gasteiger partial charge in [-0.1, -0.05) is 18.2 Å². The van der Waals surface area contributed by atoms with Crippen molar-refractivity contribution in [3.63, 3.8) is 0 Å². The molecule has 1 aromatic carbocycles. The third-order valence-corrected chi connectivity index (χ3v) is 3.63. The van der Waals surface area contributed by atoms with Crippen molar-refractivity contribution >= 4 is 17.3 Å². The third-order valence-electron chi connectivity index (χ3n) is 3.63. The number of aromatic nitrogens is 1. The van der Waals surface area contributed by atoms with Crippen LogP contribution < -0.4 is 10.2 Å². The number of hydrogen-bond acceptors (Lipinski definition) is 3. The van der Waals surface area contributed by atoms with E-state index in [9.17, 15) is 4.79 Å². The van der Waals surface area contributed by atoms with Crippen molar-refractivity contribution in [1.29, 1.82) is 0 Å². The van der Waals surface area contributed by atoms with E-state index in [1.54, 1.807) is 6.20 Å². The van der Waals surface area contributed by atoms with E-state index in [4.69, 9.17) is 0 Å². The van der Waals surface area contributed by atoms with E-state index in [2.05, 4.69) is 37.1 Å². The van der Waals surface area contributed by atoms with Crippen molar-refractivity contribution in [3.8, 4) is 0 Å². The zero-order chi connectivity index (χ0) is 15.7. The summed E-state index contributed by atoms with van der Waals surface area (Å²) in [5.74, 6) is -0.0393. The van der Waals surface area contributed by atoms with Crippen LogP contribution in [0.4, 0.5) is 11.4 Å². The molecule has 3 rings (SSSR count). The maximum atomic E-state index is 12.8. The van der Waals surface area contributed by atoms with Crippen molar-refractivity contribution in [2.75, 3.05) is 16.8 Å². The average molecular weight is 295 g/mol. The summed E-state index contributed by atoms with van der Waals surface area (Å²) in [6.07, 6.45) is 2.59. The Morgan fingerprint density at radius 3 is 2.77 bits per heavy atom. The summed E-state index contributed by atoms with van der Waals surface area (Å²) < 4.78 is 0. The lowest BCUT2D eigenvalue weighted by molar-refractivity contribution is 0.0984. The van der Waals surface area contributed by atoms with Gasteiger partial charge in [-0.25, -0.2) is 0 Å². The van der Waals surface area contributed by atoms with Gasteiger partial charge in [0, 0.05) is 29.7 Å². The predicted molar refractivity (Wildman–Crippen MR) is 89.4 cm³/mol. The molecule has 0 aliphatic carbocycles. The van der Waals surface area contributed by atoms with Gasteiger partial charge in [-0.15, -0.1) is 0 Å². The first-order valence-electron chi connectivity index (χ1n) is 7.58. The standard InChI is InChI=1S/C18H21N3O/c1-18(2,3)20-14-8-10-19-15(12-14)17(22)21-11-9-13-6-4-5-7-16(13)21/h4-8,10,12H,9,11H2,1-3H3,(H,19,20). The number of pyridine rings is 1. The molecule has 0 radical (unpaired) electrons. The lowest BCUT2D eigenvalue weighted by Crippen LogP contribution is -2.30. The molecular weight excluding hydrogens is 274 g/mol. The van der Waals surface area contributed by atoms with Crippen molar-refractivity contribution in [2.45, 2.75) is 32.7 Å². The van der Waals surface area contributed by atoms with Crippen LogP contribution in [0.3, 0.4) is 0 Å². The number of nitrogens with zero attached hydrogens (tertiary/aromatic N) is 2. The Morgan fingerprint density at radius 2 is 2.00 bits per heavy atom. The van der Waals surface area contributed by atoms with Crippen molar-refractivity contribution in [3.05, 3.63) is 53.9 Å². The Bertz CT molecular complexity index is 703. The molecule has 1 aromatic heterocycles. The first-order valence-corrected chi connectivity index (χ1v) is 7.58. The first kappa shape index (κ1) is 14.6. The van der Waals surface area contributed by atoms with Gasteiger partial charge in [0.1, 0.15) is 5.69 Å². The summed E-state index contributed by atoms with van der Waals surface area (Å²) in [5, 5.41) is 3.38. The summed E-state index contributed by atoms with van der Waals surface area (Å²) in [6.45, 7) is 6.99. The maximum absolute atomic E-state index is 12.8. The Balaban J connectivity index is 1.86. The van der Waals surface area contributed by atoms with E-state index in [1.165, 1.54) is 5.56 Å². The van der Waals surface area contributed by atoms with Crippen LogP contribution in [-0.4, -0.2) is 23.0 Å². The van der Waals surface area contributed by atoms with Crippen LogP contribution in [0.25, 0.3) is 0 Å². The summed E-state index contributed by atoms with van der Waals surface area (Å²) in [6, 6.07) is 11.8. The van der Waals surface area contributed by atoms with Crippen LogP contribution in [-0.2, 0) is 6.42 Å². The third kappa shape index (κ3) is 2.96. The topological polar surface area (TPSA) is 45.2 Å². The number of benzene rings is 1. The molecule has 4 nitrogen and oxygen atoms in total. The highest BCUT2D eigenvalue weighted by atomic mass is 16.2. The molecule has 0 bridgehead atoms. The van der Waals surface area contributed by atoms with Crippen LogP contribution in [0, 0.1) is 0 Å². The predicted octanol–water partition coefficient (Wildman–Crippen LogP) is 3.49. The molecule has 1 aliphatic heterocycles. The van der Waals surface area contributed by atoms with E-state index < -0.39 is 0 Å². The molecule has 2 heterocycles. The molecule has 2 aromatic rings. The average Bonchev–Trinajstić information content (AvgIpc) is 2.89. The van der Waals surface area contributed by atoms with E-state index in [1.807, 2.05) is 35.2 Å². The van der Waals surface area contributed by atoms with E-state index in [-0.39, 0.29) is 11.4 Å².